The lowest BCUT2D eigenvalue weighted by Crippen LogP contribution is -2.25. The van der Waals surface area contributed by atoms with Gasteiger partial charge < -0.3 is 10.5 Å². The Morgan fingerprint density at radius 3 is 2.10 bits per heavy atom. The van der Waals surface area contributed by atoms with Crippen molar-refractivity contribution in [1.82, 2.24) is 0 Å². The Hall–Kier alpha value is -1.22. The van der Waals surface area contributed by atoms with Crippen molar-refractivity contribution in [2.75, 3.05) is 5.73 Å². The molecule has 0 atom stereocenters. The lowest BCUT2D eigenvalue weighted by atomic mass is 10.1. The van der Waals surface area contributed by atoms with Gasteiger partial charge >= 0.3 is 5.97 Å². The maximum atomic E-state index is 11.6. The van der Waals surface area contributed by atoms with Crippen molar-refractivity contribution in [1.29, 1.82) is 0 Å². The first-order chi connectivity index (χ1) is 9.28. The van der Waals surface area contributed by atoms with E-state index >= 15 is 0 Å². The molecule has 0 bridgehead atoms. The topological polar surface area (TPSA) is 52.3 Å². The Kier molecular flexibility index (Phi) is 11.1. The van der Waals surface area contributed by atoms with Crippen molar-refractivity contribution in [2.45, 2.75) is 60.5 Å². The van der Waals surface area contributed by atoms with Crippen LogP contribution in [0.2, 0.25) is 5.02 Å². The van der Waals surface area contributed by atoms with Crippen LogP contribution in [0.15, 0.2) is 18.2 Å². The van der Waals surface area contributed by atoms with E-state index in [-0.39, 0.29) is 12.4 Å². The van der Waals surface area contributed by atoms with Crippen LogP contribution in [0.3, 0.4) is 0 Å². The highest BCUT2D eigenvalue weighted by molar-refractivity contribution is 6.31. The average molecular weight is 302 g/mol. The van der Waals surface area contributed by atoms with Gasteiger partial charge in [0.05, 0.1) is 6.42 Å². The maximum absolute atomic E-state index is 11.6. The molecule has 0 aliphatic carbocycles. The Labute approximate surface area is 128 Å². The van der Waals surface area contributed by atoms with E-state index in [9.17, 15) is 4.79 Å². The van der Waals surface area contributed by atoms with Crippen LogP contribution in [0, 0.1) is 0 Å². The number of rotatable bonds is 2. The number of benzene rings is 1. The minimum Gasteiger partial charge on any atom is -0.460 e. The number of ether oxygens (including phenoxy) is 1. The number of carbonyl (C=O) groups is 1. The molecule has 1 aromatic carbocycles. The molecule has 2 N–H and O–H groups in total. The predicted octanol–water partition coefficient (Wildman–Crippen LogP) is 4.86. The summed E-state index contributed by atoms with van der Waals surface area (Å²) in [7, 11) is 0. The number of carbonyl (C=O) groups excluding carboxylic acids is 1. The van der Waals surface area contributed by atoms with Gasteiger partial charge in [-0.25, -0.2) is 0 Å². The van der Waals surface area contributed by atoms with E-state index in [1.54, 1.807) is 18.2 Å². The second kappa shape index (κ2) is 10.6. The van der Waals surface area contributed by atoms with Crippen molar-refractivity contribution in [3.63, 3.8) is 0 Å². The monoisotopic (exact) mass is 301 g/mol. The molecule has 0 saturated heterocycles. The summed E-state index contributed by atoms with van der Waals surface area (Å²) >= 11 is 5.96. The van der Waals surface area contributed by atoms with Crippen molar-refractivity contribution in [2.24, 2.45) is 0 Å². The third-order valence-electron chi connectivity index (χ3n) is 1.83. The van der Waals surface area contributed by atoms with Crippen LogP contribution in [0.4, 0.5) is 5.69 Å². The molecular weight excluding hydrogens is 274 g/mol. The highest BCUT2D eigenvalue weighted by Crippen LogP contribution is 2.20. The van der Waals surface area contributed by atoms with E-state index in [2.05, 4.69) is 0 Å². The van der Waals surface area contributed by atoms with Gasteiger partial charge in [-0.1, -0.05) is 45.4 Å². The SMILES string of the molecule is CC.CC.CC(C)(C)OC(=O)Cc1ccc(N)cc1Cl. The molecule has 0 aliphatic rings. The van der Waals surface area contributed by atoms with Gasteiger partial charge in [0.1, 0.15) is 5.60 Å². The van der Waals surface area contributed by atoms with E-state index in [0.717, 1.165) is 5.56 Å². The van der Waals surface area contributed by atoms with Crippen molar-refractivity contribution < 1.29 is 9.53 Å². The van der Waals surface area contributed by atoms with Crippen LogP contribution in [0.5, 0.6) is 0 Å². The molecule has 0 aromatic heterocycles. The second-order valence-corrected chi connectivity index (χ2v) is 5.02. The smallest absolute Gasteiger partial charge is 0.310 e. The number of hydrogen-bond donors (Lipinski definition) is 1. The summed E-state index contributed by atoms with van der Waals surface area (Å²) in [4.78, 5) is 11.6. The van der Waals surface area contributed by atoms with Crippen molar-refractivity contribution >= 4 is 23.3 Å². The average Bonchev–Trinajstić information content (AvgIpc) is 2.36. The molecular formula is C16H28ClNO2. The van der Waals surface area contributed by atoms with E-state index in [0.29, 0.717) is 10.7 Å². The standard InChI is InChI=1S/C12H16ClNO2.2C2H6/c1-12(2,3)16-11(15)6-8-4-5-9(14)7-10(8)13;2*1-2/h4-5,7H,6,14H2,1-3H3;2*1-2H3. The zero-order valence-corrected chi connectivity index (χ0v) is 14.5. The van der Waals surface area contributed by atoms with Gasteiger partial charge in [0, 0.05) is 10.7 Å². The van der Waals surface area contributed by atoms with Crippen LogP contribution in [-0.4, -0.2) is 11.6 Å². The quantitative estimate of drug-likeness (QED) is 0.627. The van der Waals surface area contributed by atoms with Crippen molar-refractivity contribution in [3.8, 4) is 0 Å². The van der Waals surface area contributed by atoms with Crippen LogP contribution in [-0.2, 0) is 16.0 Å². The lowest BCUT2D eigenvalue weighted by Gasteiger charge is -2.19. The number of nitrogens with two attached hydrogens (primary N) is 1. The highest BCUT2D eigenvalue weighted by Gasteiger charge is 2.17. The molecule has 1 aromatic rings. The molecule has 0 spiro atoms. The summed E-state index contributed by atoms with van der Waals surface area (Å²) in [5.41, 5.74) is 6.39. The molecule has 116 valence electrons. The number of esters is 1. The number of nitrogen functional groups attached to an aromatic ring is 1. The van der Waals surface area contributed by atoms with Gasteiger partial charge in [0.25, 0.3) is 0 Å². The molecule has 0 unspecified atom stereocenters. The third kappa shape index (κ3) is 9.68. The Bertz CT molecular complexity index is 398. The molecule has 0 fully saturated rings. The lowest BCUT2D eigenvalue weighted by molar-refractivity contribution is -0.153. The third-order valence-corrected chi connectivity index (χ3v) is 2.18. The van der Waals surface area contributed by atoms with Crippen LogP contribution in [0.25, 0.3) is 0 Å². The largest absolute Gasteiger partial charge is 0.460 e. The number of hydrogen-bond acceptors (Lipinski definition) is 3. The summed E-state index contributed by atoms with van der Waals surface area (Å²) < 4.78 is 5.20. The number of anilines is 1. The van der Waals surface area contributed by atoms with Crippen molar-refractivity contribution in [3.05, 3.63) is 28.8 Å². The predicted molar refractivity (Wildman–Crippen MR) is 88.1 cm³/mol. The normalized spacial score (nSPS) is 9.60. The van der Waals surface area contributed by atoms with Gasteiger partial charge in [-0.15, -0.1) is 0 Å². The summed E-state index contributed by atoms with van der Waals surface area (Å²) in [6, 6.07) is 5.08. The molecule has 0 heterocycles. The van der Waals surface area contributed by atoms with Gasteiger partial charge in [-0.05, 0) is 38.5 Å². The summed E-state index contributed by atoms with van der Waals surface area (Å²) in [6.07, 6.45) is 0.163. The first kappa shape index (κ1) is 21.1. The van der Waals surface area contributed by atoms with Gasteiger partial charge in [-0.3, -0.25) is 4.79 Å². The molecule has 0 aliphatic heterocycles. The molecule has 0 radical (unpaired) electrons. The molecule has 3 nitrogen and oxygen atoms in total. The van der Waals surface area contributed by atoms with E-state index in [1.165, 1.54) is 0 Å². The molecule has 0 amide bonds. The molecule has 20 heavy (non-hydrogen) atoms. The maximum Gasteiger partial charge on any atom is 0.310 e. The zero-order valence-electron chi connectivity index (χ0n) is 13.7. The molecule has 1 rings (SSSR count). The fraction of sp³-hybridized carbons (Fsp3) is 0.562. The Morgan fingerprint density at radius 2 is 1.70 bits per heavy atom. The first-order valence-corrected chi connectivity index (χ1v) is 7.41. The van der Waals surface area contributed by atoms with Crippen LogP contribution in [0.1, 0.15) is 54.0 Å². The Balaban J connectivity index is 0. The minimum atomic E-state index is -0.475. The zero-order chi connectivity index (χ0) is 16.3. The van der Waals surface area contributed by atoms with Gasteiger partial charge in [-0.2, -0.15) is 0 Å². The molecule has 0 saturated carbocycles. The highest BCUT2D eigenvalue weighted by atomic mass is 35.5. The minimum absolute atomic E-state index is 0.163. The van der Waals surface area contributed by atoms with E-state index in [4.69, 9.17) is 22.1 Å². The summed E-state index contributed by atoms with van der Waals surface area (Å²) in [5.74, 6) is -0.292. The second-order valence-electron chi connectivity index (χ2n) is 4.61. The van der Waals surface area contributed by atoms with E-state index < -0.39 is 5.60 Å². The fourth-order valence-corrected chi connectivity index (χ4v) is 1.50. The summed E-state index contributed by atoms with van der Waals surface area (Å²) in [6.45, 7) is 13.5. The Morgan fingerprint density at radius 1 is 1.20 bits per heavy atom. The first-order valence-electron chi connectivity index (χ1n) is 7.04. The molecule has 4 heteroatoms. The van der Waals surface area contributed by atoms with Crippen LogP contribution >= 0.6 is 11.6 Å². The summed E-state index contributed by atoms with van der Waals surface area (Å²) in [5, 5.41) is 0.492. The number of halogens is 1. The van der Waals surface area contributed by atoms with E-state index in [1.807, 2.05) is 48.5 Å². The fourth-order valence-electron chi connectivity index (χ4n) is 1.24. The van der Waals surface area contributed by atoms with Gasteiger partial charge in [0.2, 0.25) is 0 Å². The van der Waals surface area contributed by atoms with Crippen LogP contribution < -0.4 is 5.73 Å². The van der Waals surface area contributed by atoms with Gasteiger partial charge in [0.15, 0.2) is 0 Å².